The van der Waals surface area contributed by atoms with E-state index in [0.29, 0.717) is 5.56 Å². The number of anilines is 1. The van der Waals surface area contributed by atoms with E-state index >= 15 is 0 Å². The second-order valence-electron chi connectivity index (χ2n) is 5.86. The monoisotopic (exact) mass is 388 g/mol. The van der Waals surface area contributed by atoms with E-state index in [0.717, 1.165) is 12.1 Å². The summed E-state index contributed by atoms with van der Waals surface area (Å²) < 4.78 is 53.0. The van der Waals surface area contributed by atoms with E-state index in [4.69, 9.17) is 11.6 Å². The highest BCUT2D eigenvalue weighted by atomic mass is 35.5. The first-order valence-electron chi connectivity index (χ1n) is 7.71. The molecular formula is C18H17ClF4N2O. The van der Waals surface area contributed by atoms with Gasteiger partial charge in [-0.15, -0.1) is 0 Å². The van der Waals surface area contributed by atoms with Crippen molar-refractivity contribution < 1.29 is 22.4 Å². The molecule has 1 amide bonds. The van der Waals surface area contributed by atoms with E-state index in [2.05, 4.69) is 5.32 Å². The number of rotatable bonds is 5. The summed E-state index contributed by atoms with van der Waals surface area (Å²) in [5.74, 6) is -1.05. The minimum atomic E-state index is -4.66. The molecule has 2 rings (SSSR count). The van der Waals surface area contributed by atoms with Crippen molar-refractivity contribution in [3.63, 3.8) is 0 Å². The maximum absolute atomic E-state index is 13.7. The van der Waals surface area contributed by atoms with Gasteiger partial charge in [-0.1, -0.05) is 29.8 Å². The molecule has 0 saturated carbocycles. The van der Waals surface area contributed by atoms with Crippen molar-refractivity contribution >= 4 is 23.2 Å². The van der Waals surface area contributed by atoms with Crippen LogP contribution in [0.4, 0.5) is 23.2 Å². The van der Waals surface area contributed by atoms with Crippen LogP contribution in [0.2, 0.25) is 5.02 Å². The third kappa shape index (κ3) is 4.95. The normalized spacial score (nSPS) is 12.9. The van der Waals surface area contributed by atoms with Gasteiger partial charge in [0.25, 0.3) is 0 Å². The molecule has 26 heavy (non-hydrogen) atoms. The molecule has 2 aromatic carbocycles. The van der Waals surface area contributed by atoms with Gasteiger partial charge in [-0.3, -0.25) is 9.69 Å². The van der Waals surface area contributed by atoms with Crippen LogP contribution < -0.4 is 5.32 Å². The number of likely N-dealkylation sites (N-methyl/N-ethyl adjacent to an activating group) is 1. The lowest BCUT2D eigenvalue weighted by molar-refractivity contribution is -0.137. The Labute approximate surface area is 153 Å². The fraction of sp³-hybridized carbons (Fsp3) is 0.278. The number of carbonyl (C=O) groups excluding carboxylic acids is 1. The molecule has 0 bridgehead atoms. The summed E-state index contributed by atoms with van der Waals surface area (Å²) in [6.07, 6.45) is -4.66. The Balaban J connectivity index is 2.13. The van der Waals surface area contributed by atoms with E-state index in [1.54, 1.807) is 25.2 Å². The maximum atomic E-state index is 13.7. The fourth-order valence-electron chi connectivity index (χ4n) is 2.33. The van der Waals surface area contributed by atoms with Crippen molar-refractivity contribution in [2.24, 2.45) is 0 Å². The smallest absolute Gasteiger partial charge is 0.324 e. The molecule has 0 aromatic heterocycles. The minimum Gasteiger partial charge on any atom is -0.324 e. The fourth-order valence-corrected chi connectivity index (χ4v) is 2.50. The summed E-state index contributed by atoms with van der Waals surface area (Å²) in [4.78, 5) is 13.9. The number of nitrogens with one attached hydrogen (secondary N) is 1. The lowest BCUT2D eigenvalue weighted by Gasteiger charge is -2.25. The maximum Gasteiger partial charge on any atom is 0.418 e. The molecule has 0 saturated heterocycles. The Hall–Kier alpha value is -2.12. The first-order valence-corrected chi connectivity index (χ1v) is 8.08. The summed E-state index contributed by atoms with van der Waals surface area (Å²) in [6, 6.07) is 8.44. The molecule has 140 valence electrons. The van der Waals surface area contributed by atoms with Crippen molar-refractivity contribution in [2.45, 2.75) is 25.7 Å². The highest BCUT2D eigenvalue weighted by Gasteiger charge is 2.34. The quantitative estimate of drug-likeness (QED) is 0.734. The van der Waals surface area contributed by atoms with Crippen molar-refractivity contribution in [2.75, 3.05) is 12.4 Å². The Morgan fingerprint density at radius 1 is 1.23 bits per heavy atom. The molecule has 0 aliphatic rings. The standard InChI is InChI=1S/C18H17ClF4N2O/c1-11(25(2)10-12-5-3-4-6-15(12)20)17(26)24-16-8-7-13(19)9-14(16)18(21,22)23/h3-9,11H,10H2,1-2H3,(H,24,26). The van der Waals surface area contributed by atoms with E-state index < -0.39 is 29.5 Å². The first-order chi connectivity index (χ1) is 12.1. The highest BCUT2D eigenvalue weighted by Crippen LogP contribution is 2.36. The highest BCUT2D eigenvalue weighted by molar-refractivity contribution is 6.30. The molecule has 1 atom stereocenters. The number of halogens is 5. The zero-order valence-electron chi connectivity index (χ0n) is 14.1. The summed E-state index contributed by atoms with van der Waals surface area (Å²) >= 11 is 5.62. The van der Waals surface area contributed by atoms with Gasteiger partial charge in [0.1, 0.15) is 5.82 Å². The lowest BCUT2D eigenvalue weighted by Crippen LogP contribution is -2.39. The van der Waals surface area contributed by atoms with E-state index in [9.17, 15) is 22.4 Å². The SMILES string of the molecule is CC(C(=O)Nc1ccc(Cl)cc1C(F)(F)F)N(C)Cc1ccccc1F. The van der Waals surface area contributed by atoms with Gasteiger partial charge in [0.05, 0.1) is 17.3 Å². The summed E-state index contributed by atoms with van der Waals surface area (Å²) in [7, 11) is 1.59. The Morgan fingerprint density at radius 3 is 2.50 bits per heavy atom. The zero-order chi connectivity index (χ0) is 19.5. The molecule has 8 heteroatoms. The van der Waals surface area contributed by atoms with Gasteiger partial charge >= 0.3 is 6.18 Å². The predicted octanol–water partition coefficient (Wildman–Crippen LogP) is 4.96. The lowest BCUT2D eigenvalue weighted by atomic mass is 10.1. The molecule has 0 aliphatic heterocycles. The van der Waals surface area contributed by atoms with Crippen LogP contribution in [0.5, 0.6) is 0 Å². The molecule has 0 aliphatic carbocycles. The van der Waals surface area contributed by atoms with Gasteiger partial charge < -0.3 is 5.32 Å². The van der Waals surface area contributed by atoms with Crippen LogP contribution >= 0.6 is 11.6 Å². The molecule has 0 heterocycles. The molecular weight excluding hydrogens is 372 g/mol. The Bertz CT molecular complexity index is 795. The van der Waals surface area contributed by atoms with Crippen molar-refractivity contribution in [3.8, 4) is 0 Å². The van der Waals surface area contributed by atoms with Crippen molar-refractivity contribution in [1.82, 2.24) is 4.90 Å². The van der Waals surface area contributed by atoms with Crippen molar-refractivity contribution in [1.29, 1.82) is 0 Å². The Morgan fingerprint density at radius 2 is 1.88 bits per heavy atom. The second-order valence-corrected chi connectivity index (χ2v) is 6.30. The van der Waals surface area contributed by atoms with Crippen LogP contribution in [-0.4, -0.2) is 23.9 Å². The number of carbonyl (C=O) groups is 1. The van der Waals surface area contributed by atoms with Crippen LogP contribution in [0.25, 0.3) is 0 Å². The Kier molecular flexibility index (Phi) is 6.26. The molecule has 1 unspecified atom stereocenters. The third-order valence-electron chi connectivity index (χ3n) is 3.96. The van der Waals surface area contributed by atoms with Gasteiger partial charge in [-0.25, -0.2) is 4.39 Å². The zero-order valence-corrected chi connectivity index (χ0v) is 14.8. The van der Waals surface area contributed by atoms with Crippen LogP contribution in [-0.2, 0) is 17.5 Å². The van der Waals surface area contributed by atoms with Gasteiger partial charge in [0.2, 0.25) is 5.91 Å². The predicted molar refractivity (Wildman–Crippen MR) is 92.4 cm³/mol. The summed E-state index contributed by atoms with van der Waals surface area (Å²) in [5.41, 5.74) is -1.02. The van der Waals surface area contributed by atoms with Crippen molar-refractivity contribution in [3.05, 3.63) is 64.4 Å². The van der Waals surface area contributed by atoms with Crippen LogP contribution in [0, 0.1) is 5.82 Å². The van der Waals surface area contributed by atoms with E-state index in [1.165, 1.54) is 24.0 Å². The molecule has 2 aromatic rings. The van der Waals surface area contributed by atoms with Gasteiger partial charge in [-0.05, 0) is 38.2 Å². The van der Waals surface area contributed by atoms with Crippen LogP contribution in [0.1, 0.15) is 18.1 Å². The number of alkyl halides is 3. The van der Waals surface area contributed by atoms with Gasteiger partial charge in [0.15, 0.2) is 0 Å². The first kappa shape index (κ1) is 20.2. The number of amides is 1. The average molecular weight is 389 g/mol. The molecule has 3 nitrogen and oxygen atoms in total. The summed E-state index contributed by atoms with van der Waals surface area (Å²) in [6.45, 7) is 1.66. The number of benzene rings is 2. The number of nitrogens with zero attached hydrogens (tertiary/aromatic N) is 1. The molecule has 0 radical (unpaired) electrons. The molecule has 0 spiro atoms. The minimum absolute atomic E-state index is 0.0833. The third-order valence-corrected chi connectivity index (χ3v) is 4.20. The summed E-state index contributed by atoms with van der Waals surface area (Å²) in [5, 5.41) is 2.19. The van der Waals surface area contributed by atoms with E-state index in [-0.39, 0.29) is 17.3 Å². The molecule has 1 N–H and O–H groups in total. The van der Waals surface area contributed by atoms with Crippen LogP contribution in [0.15, 0.2) is 42.5 Å². The second kappa shape index (κ2) is 8.05. The largest absolute Gasteiger partial charge is 0.418 e. The molecule has 0 fully saturated rings. The van der Waals surface area contributed by atoms with Crippen LogP contribution in [0.3, 0.4) is 0 Å². The average Bonchev–Trinajstić information content (AvgIpc) is 2.56. The van der Waals surface area contributed by atoms with Gasteiger partial charge in [0, 0.05) is 17.1 Å². The van der Waals surface area contributed by atoms with Gasteiger partial charge in [-0.2, -0.15) is 13.2 Å². The number of hydrogen-bond acceptors (Lipinski definition) is 2. The van der Waals surface area contributed by atoms with E-state index in [1.807, 2.05) is 0 Å². The topological polar surface area (TPSA) is 32.3 Å². The number of hydrogen-bond donors (Lipinski definition) is 1.